The van der Waals surface area contributed by atoms with Crippen LogP contribution >= 0.6 is 0 Å². The highest BCUT2D eigenvalue weighted by molar-refractivity contribution is 5.78. The number of hydrogen-bond donors (Lipinski definition) is 1. The molecule has 0 radical (unpaired) electrons. The van der Waals surface area contributed by atoms with Gasteiger partial charge in [0.1, 0.15) is 11.0 Å². The fraction of sp³-hybridized carbons (Fsp3) is 0.353. The lowest BCUT2D eigenvalue weighted by atomic mass is 10.1. The molecule has 0 saturated carbocycles. The summed E-state index contributed by atoms with van der Waals surface area (Å²) in [5.74, 6) is 0.0473. The minimum Gasteiger partial charge on any atom is -0.356 e. The van der Waals surface area contributed by atoms with Gasteiger partial charge in [0, 0.05) is 20.0 Å². The lowest BCUT2D eigenvalue weighted by Crippen LogP contribution is -2.26. The highest BCUT2D eigenvalue weighted by Gasteiger charge is 2.12. The molecule has 1 amide bonds. The number of rotatable bonds is 6. The Labute approximate surface area is 135 Å². The van der Waals surface area contributed by atoms with Crippen LogP contribution in [0.2, 0.25) is 0 Å². The van der Waals surface area contributed by atoms with Gasteiger partial charge in [0.2, 0.25) is 5.91 Å². The van der Waals surface area contributed by atoms with E-state index in [2.05, 4.69) is 27.6 Å². The maximum atomic E-state index is 12.0. The summed E-state index contributed by atoms with van der Waals surface area (Å²) in [4.78, 5) is 12.0. The van der Waals surface area contributed by atoms with Crippen molar-refractivity contribution < 1.29 is 4.79 Å². The molecule has 3 rings (SSSR count). The lowest BCUT2D eigenvalue weighted by molar-refractivity contribution is -0.121. The summed E-state index contributed by atoms with van der Waals surface area (Å²) in [5, 5.41) is 11.7. The zero-order valence-electron chi connectivity index (χ0n) is 13.5. The van der Waals surface area contributed by atoms with Gasteiger partial charge in [-0.2, -0.15) is 10.2 Å². The molecule has 120 valence electrons. The maximum Gasteiger partial charge on any atom is 0.221 e. The molecule has 23 heavy (non-hydrogen) atoms. The summed E-state index contributed by atoms with van der Waals surface area (Å²) in [6.45, 7) is 3.18. The molecule has 6 nitrogen and oxygen atoms in total. The van der Waals surface area contributed by atoms with Gasteiger partial charge >= 0.3 is 0 Å². The number of fused-ring (bicyclic) bond motifs is 1. The van der Waals surface area contributed by atoms with Crippen molar-refractivity contribution in [3.8, 4) is 0 Å². The summed E-state index contributed by atoms with van der Waals surface area (Å²) in [6, 6.07) is 10.1. The Balaban J connectivity index is 1.50. The summed E-state index contributed by atoms with van der Waals surface area (Å²) in [7, 11) is 1.90. The molecule has 0 spiro atoms. The van der Waals surface area contributed by atoms with Gasteiger partial charge in [0.05, 0.1) is 18.4 Å². The van der Waals surface area contributed by atoms with Crippen LogP contribution in [0.15, 0.2) is 36.5 Å². The molecule has 0 saturated heterocycles. The van der Waals surface area contributed by atoms with E-state index in [1.54, 1.807) is 6.20 Å². The van der Waals surface area contributed by atoms with E-state index in [0.29, 0.717) is 19.5 Å². The van der Waals surface area contributed by atoms with Gasteiger partial charge in [-0.3, -0.25) is 14.2 Å². The smallest absolute Gasteiger partial charge is 0.221 e. The first kappa shape index (κ1) is 15.3. The lowest BCUT2D eigenvalue weighted by Gasteiger charge is -2.06. The van der Waals surface area contributed by atoms with Crippen molar-refractivity contribution in [3.63, 3.8) is 0 Å². The number of nitrogens with one attached hydrogen (secondary N) is 1. The van der Waals surface area contributed by atoms with Gasteiger partial charge in [0.15, 0.2) is 0 Å². The molecule has 0 bridgehead atoms. The molecule has 0 unspecified atom stereocenters. The third-order valence-corrected chi connectivity index (χ3v) is 3.94. The Morgan fingerprint density at radius 2 is 2.04 bits per heavy atom. The van der Waals surface area contributed by atoms with Gasteiger partial charge < -0.3 is 5.32 Å². The minimum absolute atomic E-state index is 0.0473. The Bertz CT molecular complexity index is 803. The molecule has 2 aromatic heterocycles. The van der Waals surface area contributed by atoms with E-state index in [-0.39, 0.29) is 5.91 Å². The molecule has 0 fully saturated rings. The molecule has 0 aliphatic rings. The minimum atomic E-state index is 0.0473. The van der Waals surface area contributed by atoms with Gasteiger partial charge in [-0.05, 0) is 18.9 Å². The number of benzene rings is 1. The zero-order valence-corrected chi connectivity index (χ0v) is 13.5. The highest BCUT2D eigenvalue weighted by atomic mass is 16.1. The fourth-order valence-corrected chi connectivity index (χ4v) is 2.77. The average molecular weight is 311 g/mol. The van der Waals surface area contributed by atoms with Crippen LogP contribution in [-0.4, -0.2) is 32.0 Å². The summed E-state index contributed by atoms with van der Waals surface area (Å²) in [6.07, 6.45) is 3.06. The molecule has 3 aromatic rings. The third-order valence-electron chi connectivity index (χ3n) is 3.94. The second-order valence-corrected chi connectivity index (χ2v) is 5.65. The van der Waals surface area contributed by atoms with Crippen LogP contribution in [0, 0.1) is 6.92 Å². The monoisotopic (exact) mass is 311 g/mol. The third kappa shape index (κ3) is 3.41. The number of amides is 1. The first-order valence-corrected chi connectivity index (χ1v) is 7.81. The van der Waals surface area contributed by atoms with Crippen LogP contribution in [0.5, 0.6) is 0 Å². The fourth-order valence-electron chi connectivity index (χ4n) is 2.77. The van der Waals surface area contributed by atoms with E-state index in [0.717, 1.165) is 23.1 Å². The van der Waals surface area contributed by atoms with Crippen molar-refractivity contribution in [1.82, 2.24) is 24.9 Å². The number of carbonyl (C=O) groups is 1. The van der Waals surface area contributed by atoms with Crippen molar-refractivity contribution in [2.24, 2.45) is 7.05 Å². The molecule has 0 aliphatic heterocycles. The van der Waals surface area contributed by atoms with Crippen molar-refractivity contribution in [1.29, 1.82) is 0 Å². The van der Waals surface area contributed by atoms with Crippen molar-refractivity contribution >= 4 is 16.9 Å². The van der Waals surface area contributed by atoms with Crippen LogP contribution in [0.4, 0.5) is 0 Å². The van der Waals surface area contributed by atoms with Gasteiger partial charge in [0.25, 0.3) is 0 Å². The van der Waals surface area contributed by atoms with Gasteiger partial charge in [-0.25, -0.2) is 0 Å². The standard InChI is InChI=1S/C17H21N5O/c1-13-17-15(21(2)20-13)12-19-22(17)11-9-16(23)18-10-8-14-6-4-3-5-7-14/h3-7,12H,8-11H2,1-2H3,(H,18,23). The first-order valence-electron chi connectivity index (χ1n) is 7.81. The molecule has 0 aliphatic carbocycles. The van der Waals surface area contributed by atoms with Crippen LogP contribution in [-0.2, 0) is 24.8 Å². The quantitative estimate of drug-likeness (QED) is 0.755. The molecular weight excluding hydrogens is 290 g/mol. The Morgan fingerprint density at radius 1 is 1.26 bits per heavy atom. The molecule has 1 N–H and O–H groups in total. The summed E-state index contributed by atoms with van der Waals surface area (Å²) < 4.78 is 3.67. The SMILES string of the molecule is Cc1nn(C)c2cnn(CCC(=O)NCCc3ccccc3)c12. The van der Waals surface area contributed by atoms with Crippen LogP contribution in [0.3, 0.4) is 0 Å². The first-order chi connectivity index (χ1) is 11.1. The van der Waals surface area contributed by atoms with Crippen molar-refractivity contribution in [2.45, 2.75) is 26.3 Å². The van der Waals surface area contributed by atoms with Gasteiger partial charge in [-0.1, -0.05) is 30.3 Å². The number of aryl methyl sites for hydroxylation is 3. The van der Waals surface area contributed by atoms with E-state index in [4.69, 9.17) is 0 Å². The predicted molar refractivity (Wildman–Crippen MR) is 89.0 cm³/mol. The largest absolute Gasteiger partial charge is 0.356 e. The Kier molecular flexibility index (Phi) is 4.41. The van der Waals surface area contributed by atoms with E-state index in [1.165, 1.54) is 5.56 Å². The molecular formula is C17H21N5O. The van der Waals surface area contributed by atoms with Crippen molar-refractivity contribution in [2.75, 3.05) is 6.54 Å². The maximum absolute atomic E-state index is 12.0. The second kappa shape index (κ2) is 6.64. The van der Waals surface area contributed by atoms with Crippen LogP contribution in [0.1, 0.15) is 17.7 Å². The molecule has 0 atom stereocenters. The summed E-state index contributed by atoms with van der Waals surface area (Å²) >= 11 is 0. The Hall–Kier alpha value is -2.63. The van der Waals surface area contributed by atoms with Gasteiger partial charge in [-0.15, -0.1) is 0 Å². The summed E-state index contributed by atoms with van der Waals surface area (Å²) in [5.41, 5.74) is 4.16. The Morgan fingerprint density at radius 3 is 2.83 bits per heavy atom. The van der Waals surface area contributed by atoms with Crippen LogP contribution in [0.25, 0.3) is 11.0 Å². The van der Waals surface area contributed by atoms with Crippen molar-refractivity contribution in [3.05, 3.63) is 47.8 Å². The van der Waals surface area contributed by atoms with E-state index in [9.17, 15) is 4.79 Å². The number of carbonyl (C=O) groups excluding carboxylic acids is 1. The number of aromatic nitrogens is 4. The van der Waals surface area contributed by atoms with Crippen LogP contribution < -0.4 is 5.32 Å². The second-order valence-electron chi connectivity index (χ2n) is 5.65. The molecule has 2 heterocycles. The van der Waals surface area contributed by atoms with E-state index in [1.807, 2.05) is 41.5 Å². The predicted octanol–water partition coefficient (Wildman–Crippen LogP) is 1.83. The van der Waals surface area contributed by atoms with E-state index >= 15 is 0 Å². The van der Waals surface area contributed by atoms with E-state index < -0.39 is 0 Å². The zero-order chi connectivity index (χ0) is 16.2. The topological polar surface area (TPSA) is 64.7 Å². The normalized spacial score (nSPS) is 11.0. The number of nitrogens with zero attached hydrogens (tertiary/aromatic N) is 4. The average Bonchev–Trinajstić information content (AvgIpc) is 3.09. The number of hydrogen-bond acceptors (Lipinski definition) is 3. The molecule has 6 heteroatoms. The molecule has 1 aromatic carbocycles. The highest BCUT2D eigenvalue weighted by Crippen LogP contribution is 2.16.